The van der Waals surface area contributed by atoms with Crippen molar-refractivity contribution in [1.29, 1.82) is 0 Å². The first-order valence-electron chi connectivity index (χ1n) is 51.0. The number of carbonyl (C=O) groups is 1. The molecule has 5 aliphatic carbocycles. The van der Waals surface area contributed by atoms with E-state index in [-0.39, 0.29) is 117 Å². The number of hydrogen-bond donors (Lipinski definition) is 2. The van der Waals surface area contributed by atoms with Crippen LogP contribution in [0.15, 0.2) is 148 Å². The zero-order chi connectivity index (χ0) is 104. The number of sulfone groups is 1. The second-order valence-electron chi connectivity index (χ2n) is 42.3. The van der Waals surface area contributed by atoms with Crippen LogP contribution in [0.1, 0.15) is 209 Å². The molecular formula is C108H120F6N22O12S. The number of rotatable bonds is 24. The molecule has 25 rings (SSSR count). The quantitative estimate of drug-likeness (QED) is 0.0531. The average Bonchev–Trinajstić information content (AvgIpc) is 1.63. The SMILES string of the molecule is CC1(Oc2cc3c(cc2F)CN=C3c2cc(N3CCC(F)(CO)CC3)ncn2)CC1.CC1(Oc2cc3c(cc2F)CN=C3c2cc(N3CCS(=O)(=O)CC3)ncn2)CC1.CCOC(=O)N1CCN(c2cc(C3=NCc4cc(F)c(OC5(C)CC5)cc43)ncn2)CC1.CN(C)[C@H]1CCN(c2cc(C3=NCc4cc(F)c(OC5(C)CC5)cc43)ncn2)C1.CO[C@H]1CN(c2cc(C3=NCc4cc(F)c(OC5(C)CC5)cc43)ncn2)C[C@@H]1O. The number of β-amino-alcohol motifs (C(OH)–C–C–N with tert-alkyl or cyclic N) is 1. The predicted octanol–water partition coefficient (Wildman–Crippen LogP) is 13.6. The molecule has 149 heavy (non-hydrogen) atoms. The standard InChI is InChI=1S/C23H26FN5O3.C22H24F2N4O2.C22H26FN5O.C21H23FN4O3.C20H21FN4O3S/c1-3-31-22(30)29-8-6-28(7-9-29)20-12-18(26-14-27-20)21-16-11-19(32-23(2)4-5-23)17(24)10-15(16)13-25-21;1-21(2-3-21)30-18-9-15-14(8-16(18)23)11-25-20(15)17-10-19(27-13-26-17)28-6-4-22(24,12-29)5-7-28;1-22(5-6-22)29-19-9-16-14(8-17(19)23)11-24-21(16)18-10-20(26-13-25-18)28-7-4-15(12-28)27(2)3;1-21(3-4-21)29-17-6-13-12(5-14(17)22)8-23-20(13)15-7-19(25-11-24-15)26-9-16(27)18(10-26)28-2;1-20(2-3-20)28-17-9-14-13(8-15(17)21)11-22-19(14)16-10-18(24-12-23-16)25-4-6-29(26,27)7-5-25/h10-12,14H,3-9,13H2,1-2H3;8-10,13,29H,2-7,11-12H2,1H3;8-10,13,15H,4-7,11-12H2,1-3H3;5-7,11,16,18,27H,3-4,8-10H2,1-2H3;8-10,12H,2-7,11H2,1H3/t;;15-;16-,18-;/m..00./s1. The second-order valence-corrected chi connectivity index (χ2v) is 44.6. The number of alkyl halides is 1. The fraction of sp³-hybridized carbons (Fsp3) is 0.481. The number of aliphatic hydroxyl groups excluding tert-OH is 2. The fourth-order valence-electron chi connectivity index (χ4n) is 19.5. The molecule has 782 valence electrons. The van der Waals surface area contributed by atoms with Crippen LogP contribution in [0, 0.1) is 29.1 Å². The van der Waals surface area contributed by atoms with Gasteiger partial charge in [-0.2, -0.15) is 0 Å². The van der Waals surface area contributed by atoms with Crippen molar-refractivity contribution in [1.82, 2.24) is 59.6 Å². The molecule has 3 atom stereocenters. The van der Waals surface area contributed by atoms with Crippen LogP contribution < -0.4 is 48.2 Å². The van der Waals surface area contributed by atoms with Crippen molar-refractivity contribution in [3.63, 3.8) is 0 Å². The van der Waals surface area contributed by atoms with Crippen molar-refractivity contribution in [2.75, 3.05) is 149 Å². The zero-order valence-corrected chi connectivity index (χ0v) is 85.6. The van der Waals surface area contributed by atoms with E-state index < -0.39 is 28.2 Å². The maximum atomic E-state index is 14.5. The highest BCUT2D eigenvalue weighted by Gasteiger charge is 2.47. The molecule has 5 saturated carbocycles. The molecule has 15 aliphatic rings. The number of halogens is 6. The van der Waals surface area contributed by atoms with Gasteiger partial charge < -0.3 is 77.7 Å². The number of piperazine rings is 1. The maximum absolute atomic E-state index is 14.5. The number of ether oxygens (including phenoxy) is 7. The lowest BCUT2D eigenvalue weighted by molar-refractivity contribution is 0.0217. The minimum atomic E-state index is -2.97. The largest absolute Gasteiger partial charge is 0.484 e. The highest BCUT2D eigenvalue weighted by molar-refractivity contribution is 7.91. The Kier molecular flexibility index (Phi) is 27.7. The Labute approximate surface area is 859 Å². The van der Waals surface area contributed by atoms with Crippen LogP contribution in [0.5, 0.6) is 28.7 Å². The van der Waals surface area contributed by atoms with Gasteiger partial charge in [0.05, 0.1) is 121 Å². The van der Waals surface area contributed by atoms with E-state index in [4.69, 9.17) is 33.2 Å². The van der Waals surface area contributed by atoms with Gasteiger partial charge in [0, 0.05) is 163 Å². The molecule has 10 aromatic rings. The summed E-state index contributed by atoms with van der Waals surface area (Å²) < 4.78 is 150. The highest BCUT2D eigenvalue weighted by atomic mass is 32.2. The molecule has 41 heteroatoms. The number of aromatic nitrogens is 10. The van der Waals surface area contributed by atoms with E-state index >= 15 is 0 Å². The molecule has 2 N–H and O–H groups in total. The van der Waals surface area contributed by atoms with Crippen LogP contribution in [-0.4, -0.2) is 289 Å². The van der Waals surface area contributed by atoms with E-state index in [1.807, 2.05) is 79.7 Å². The molecule has 1 amide bonds. The first kappa shape index (κ1) is 101. The van der Waals surface area contributed by atoms with Gasteiger partial charge >= 0.3 is 6.09 Å². The van der Waals surface area contributed by atoms with Crippen molar-refractivity contribution in [2.45, 2.75) is 210 Å². The Morgan fingerprint density at radius 2 is 0.685 bits per heavy atom. The van der Waals surface area contributed by atoms with E-state index in [1.165, 1.54) is 49.6 Å². The van der Waals surface area contributed by atoms with Gasteiger partial charge in [-0.25, -0.2) is 89.4 Å². The van der Waals surface area contributed by atoms with Gasteiger partial charge in [0.1, 0.15) is 101 Å². The van der Waals surface area contributed by atoms with E-state index in [9.17, 15) is 49.8 Å². The normalized spacial score (nSPS) is 21.5. The van der Waals surface area contributed by atoms with Crippen molar-refractivity contribution >= 4 is 73.6 Å². The van der Waals surface area contributed by atoms with Gasteiger partial charge in [0.25, 0.3) is 0 Å². The molecule has 10 aliphatic heterocycles. The van der Waals surface area contributed by atoms with Gasteiger partial charge in [-0.05, 0) is 215 Å². The Morgan fingerprint density at radius 3 is 0.960 bits per heavy atom. The number of benzene rings is 5. The van der Waals surface area contributed by atoms with Crippen molar-refractivity contribution in [3.05, 3.63) is 236 Å². The van der Waals surface area contributed by atoms with Crippen LogP contribution >= 0.6 is 0 Å². The third-order valence-corrected chi connectivity index (χ3v) is 31.9. The van der Waals surface area contributed by atoms with E-state index in [0.717, 1.165) is 168 Å². The van der Waals surface area contributed by atoms with E-state index in [2.05, 4.69) is 104 Å². The Bertz CT molecular complexity index is 7120. The summed E-state index contributed by atoms with van der Waals surface area (Å²) in [5, 5.41) is 19.3. The molecule has 10 fully saturated rings. The maximum Gasteiger partial charge on any atom is 0.409 e. The summed E-state index contributed by atoms with van der Waals surface area (Å²) in [6.07, 6.45) is 17.4. The summed E-state index contributed by atoms with van der Waals surface area (Å²) in [6.45, 7) is 20.9. The molecule has 0 spiro atoms. The molecule has 5 saturated heterocycles. The van der Waals surface area contributed by atoms with Crippen molar-refractivity contribution < 1.29 is 82.9 Å². The molecule has 0 bridgehead atoms. The summed E-state index contributed by atoms with van der Waals surface area (Å²) in [6, 6.07) is 26.2. The lowest BCUT2D eigenvalue weighted by Crippen LogP contribution is -2.49. The van der Waals surface area contributed by atoms with Crippen molar-refractivity contribution in [3.8, 4) is 28.7 Å². The van der Waals surface area contributed by atoms with E-state index in [1.54, 1.807) is 61.7 Å². The molecule has 34 nitrogen and oxygen atoms in total. The molecule has 0 unspecified atom stereocenters. The lowest BCUT2D eigenvalue weighted by Gasteiger charge is -2.35. The smallest absolute Gasteiger partial charge is 0.409 e. The highest BCUT2D eigenvalue weighted by Crippen LogP contribution is 2.48. The number of piperidine rings is 1. The van der Waals surface area contributed by atoms with Gasteiger partial charge in [-0.1, -0.05) is 0 Å². The number of likely N-dealkylation sites (N-methyl/N-ethyl adjacent to an activating group) is 1. The molecule has 0 radical (unpaired) electrons. The molecule has 15 heterocycles. The van der Waals surface area contributed by atoms with Gasteiger partial charge in [0.2, 0.25) is 0 Å². The van der Waals surface area contributed by atoms with Gasteiger partial charge in [-0.3, -0.25) is 25.0 Å². The van der Waals surface area contributed by atoms with E-state index in [0.29, 0.717) is 174 Å². The summed E-state index contributed by atoms with van der Waals surface area (Å²) in [5.74, 6) is 3.57. The number of fused-ring (bicyclic) bond motifs is 5. The summed E-state index contributed by atoms with van der Waals surface area (Å²) in [5.41, 5.74) is 12.5. The predicted molar refractivity (Wildman–Crippen MR) is 548 cm³/mol. The van der Waals surface area contributed by atoms with Crippen molar-refractivity contribution in [2.24, 2.45) is 25.0 Å². The van der Waals surface area contributed by atoms with Gasteiger partial charge in [0.15, 0.2) is 67.7 Å². The van der Waals surface area contributed by atoms with Crippen LogP contribution in [0.3, 0.4) is 0 Å². The lowest BCUT2D eigenvalue weighted by atomic mass is 9.94. The minimum absolute atomic E-state index is 0.120. The average molecular weight is 2060 g/mol. The number of aliphatic hydroxyl groups is 2. The minimum Gasteiger partial charge on any atom is -0.484 e. The Balaban J connectivity index is 0.000000109. The summed E-state index contributed by atoms with van der Waals surface area (Å²) in [4.78, 5) is 93.2. The number of hydrogen-bond acceptors (Lipinski definition) is 33. The van der Waals surface area contributed by atoms with Crippen LogP contribution in [-0.2, 0) is 52.0 Å². The third-order valence-electron chi connectivity index (χ3n) is 30.3. The van der Waals surface area contributed by atoms with Crippen LogP contribution in [0.25, 0.3) is 0 Å². The molecular weight excluding hydrogens is 1940 g/mol. The Morgan fingerprint density at radius 1 is 0.389 bits per heavy atom. The van der Waals surface area contributed by atoms with Crippen LogP contribution in [0.2, 0.25) is 0 Å². The first-order chi connectivity index (χ1) is 71.5. The fourth-order valence-corrected chi connectivity index (χ4v) is 20.7. The second kappa shape index (κ2) is 40.8. The molecule has 5 aromatic carbocycles. The monoisotopic (exact) mass is 2060 g/mol. The van der Waals surface area contributed by atoms with Crippen LogP contribution in [0.4, 0.5) is 60.2 Å². The summed E-state index contributed by atoms with van der Waals surface area (Å²) in [7, 11) is 2.86. The third kappa shape index (κ3) is 22.7. The number of methoxy groups -OCH3 is 1. The first-order valence-corrected chi connectivity index (χ1v) is 52.8. The molecule has 5 aromatic heterocycles. The number of anilines is 5. The zero-order valence-electron chi connectivity index (χ0n) is 84.8. The summed E-state index contributed by atoms with van der Waals surface area (Å²) >= 11 is 0. The number of amides is 1. The number of nitrogens with zero attached hydrogens (tertiary/aromatic N) is 22. The number of carbonyl (C=O) groups excluding carboxylic acids is 1. The number of aliphatic imine (C=N–C) groups is 5. The topological polar surface area (TPSA) is 370 Å². The Hall–Kier alpha value is -13.5. The van der Waals surface area contributed by atoms with Gasteiger partial charge in [-0.15, -0.1) is 0 Å².